The van der Waals surface area contributed by atoms with E-state index in [4.69, 9.17) is 16.1 Å². The van der Waals surface area contributed by atoms with Gasteiger partial charge in [-0.05, 0) is 43.5 Å². The Morgan fingerprint density at radius 3 is 2.42 bits per heavy atom. The first-order chi connectivity index (χ1) is 11.5. The molecular weight excluding hydrogens is 312 g/mol. The van der Waals surface area contributed by atoms with E-state index in [-0.39, 0.29) is 18.9 Å². The zero-order valence-electron chi connectivity index (χ0n) is 13.1. The second-order valence-electron chi connectivity index (χ2n) is 5.10. The molecule has 8 heteroatoms. The average molecular weight is 332 g/mol. The van der Waals surface area contributed by atoms with Crippen molar-refractivity contribution in [3.05, 3.63) is 35.4 Å². The number of carboxylic acids is 1. The lowest BCUT2D eigenvalue weighted by atomic mass is 10.1. The predicted molar refractivity (Wildman–Crippen MR) is 86.0 cm³/mol. The van der Waals surface area contributed by atoms with Crippen LogP contribution in [0.5, 0.6) is 0 Å². The molecule has 1 atom stereocenters. The summed E-state index contributed by atoms with van der Waals surface area (Å²) in [6, 6.07) is 7.25. The van der Waals surface area contributed by atoms with Gasteiger partial charge in [-0.15, -0.1) is 0 Å². The molecule has 0 spiro atoms. The number of carbonyl (C=O) groups is 3. The van der Waals surface area contributed by atoms with E-state index >= 15 is 0 Å². The number of carboxylic acid groups (broad SMARTS) is 1. The Bertz CT molecular complexity index is 622. The van der Waals surface area contributed by atoms with Gasteiger partial charge in [0.25, 0.3) is 5.91 Å². The van der Waals surface area contributed by atoms with Crippen LogP contribution >= 0.6 is 0 Å². The average Bonchev–Trinajstić information content (AvgIpc) is 2.59. The fourth-order valence-corrected chi connectivity index (χ4v) is 1.98. The van der Waals surface area contributed by atoms with Gasteiger partial charge < -0.3 is 21.5 Å². The number of nitrogens with one attached hydrogen (secondary N) is 2. The Balaban J connectivity index is 2.31. The third-order valence-corrected chi connectivity index (χ3v) is 3.30. The van der Waals surface area contributed by atoms with E-state index in [0.717, 1.165) is 0 Å². The van der Waals surface area contributed by atoms with E-state index in [1.54, 1.807) is 24.3 Å². The maximum absolute atomic E-state index is 11.9. The highest BCUT2D eigenvalue weighted by Crippen LogP contribution is 2.04. The maximum atomic E-state index is 11.9. The number of hydrogen-bond donors (Lipinski definition) is 4. The van der Waals surface area contributed by atoms with E-state index in [1.807, 2.05) is 6.07 Å². The monoisotopic (exact) mass is 332 g/mol. The molecular formula is C16H20N4O4. The van der Waals surface area contributed by atoms with Gasteiger partial charge in [0.05, 0.1) is 18.2 Å². The van der Waals surface area contributed by atoms with Crippen molar-refractivity contribution in [2.24, 2.45) is 5.73 Å². The molecule has 0 radical (unpaired) electrons. The van der Waals surface area contributed by atoms with Crippen molar-refractivity contribution < 1.29 is 19.5 Å². The van der Waals surface area contributed by atoms with Crippen molar-refractivity contribution in [3.63, 3.8) is 0 Å². The molecule has 1 aromatic rings. The molecule has 0 saturated carbocycles. The van der Waals surface area contributed by atoms with Crippen molar-refractivity contribution in [3.8, 4) is 6.07 Å². The van der Waals surface area contributed by atoms with Crippen LogP contribution in [-0.4, -0.2) is 42.0 Å². The van der Waals surface area contributed by atoms with Crippen LogP contribution in [0.25, 0.3) is 0 Å². The van der Waals surface area contributed by atoms with Gasteiger partial charge >= 0.3 is 5.97 Å². The van der Waals surface area contributed by atoms with Crippen LogP contribution in [0, 0.1) is 11.3 Å². The van der Waals surface area contributed by atoms with Gasteiger partial charge in [0.1, 0.15) is 6.04 Å². The first-order valence-electron chi connectivity index (χ1n) is 7.48. The van der Waals surface area contributed by atoms with Gasteiger partial charge in [0.2, 0.25) is 5.91 Å². The Morgan fingerprint density at radius 1 is 1.21 bits per heavy atom. The van der Waals surface area contributed by atoms with E-state index in [2.05, 4.69) is 10.6 Å². The summed E-state index contributed by atoms with van der Waals surface area (Å²) in [7, 11) is 0. The number of hydrogen-bond acceptors (Lipinski definition) is 5. The molecule has 128 valence electrons. The van der Waals surface area contributed by atoms with Crippen molar-refractivity contribution in [1.29, 1.82) is 5.26 Å². The fourth-order valence-electron chi connectivity index (χ4n) is 1.98. The van der Waals surface area contributed by atoms with Crippen molar-refractivity contribution in [1.82, 2.24) is 10.6 Å². The maximum Gasteiger partial charge on any atom is 0.326 e. The molecule has 0 heterocycles. The van der Waals surface area contributed by atoms with Crippen LogP contribution in [-0.2, 0) is 9.59 Å². The van der Waals surface area contributed by atoms with Crippen LogP contribution < -0.4 is 16.4 Å². The number of nitriles is 1. The molecule has 0 unspecified atom stereocenters. The van der Waals surface area contributed by atoms with Gasteiger partial charge in [0, 0.05) is 12.1 Å². The summed E-state index contributed by atoms with van der Waals surface area (Å²) in [6.45, 7) is 0.125. The molecule has 0 saturated heterocycles. The molecule has 1 rings (SSSR count). The number of nitrogens with zero attached hydrogens (tertiary/aromatic N) is 1. The highest BCUT2D eigenvalue weighted by atomic mass is 16.4. The summed E-state index contributed by atoms with van der Waals surface area (Å²) in [6.07, 6.45) is 1.35. The first-order valence-corrected chi connectivity index (χ1v) is 7.48. The molecule has 8 nitrogen and oxygen atoms in total. The molecule has 5 N–H and O–H groups in total. The predicted octanol–water partition coefficient (Wildman–Crippen LogP) is -0.0135. The van der Waals surface area contributed by atoms with Crippen LogP contribution in [0.2, 0.25) is 0 Å². The van der Waals surface area contributed by atoms with Crippen molar-refractivity contribution >= 4 is 17.8 Å². The summed E-state index contributed by atoms with van der Waals surface area (Å²) in [5, 5.41) is 22.7. The lowest BCUT2D eigenvalue weighted by molar-refractivity contribution is -0.141. The molecule has 2 amide bonds. The second-order valence-corrected chi connectivity index (χ2v) is 5.10. The summed E-state index contributed by atoms with van der Waals surface area (Å²) < 4.78 is 0. The molecule has 1 aromatic carbocycles. The van der Waals surface area contributed by atoms with Gasteiger partial charge in [-0.1, -0.05) is 0 Å². The standard InChI is InChI=1S/C16H20N4O4/c17-9-11-4-6-12(7-5-11)15(22)19-8-2-1-3-13(16(23)24)20-14(21)10-18/h4-7,13H,1-3,8,10,18H2,(H,19,22)(H,20,21)(H,23,24)/t13-/m0/s1. The SMILES string of the molecule is N#Cc1ccc(C(=O)NCCCC[C@H](NC(=O)CN)C(=O)O)cc1. The number of carbonyl (C=O) groups excluding carboxylic acids is 2. The lowest BCUT2D eigenvalue weighted by Gasteiger charge is -2.13. The van der Waals surface area contributed by atoms with E-state index < -0.39 is 17.9 Å². The summed E-state index contributed by atoms with van der Waals surface area (Å²) >= 11 is 0. The first kappa shape index (κ1) is 19.1. The van der Waals surface area contributed by atoms with Crippen LogP contribution in [0.1, 0.15) is 35.2 Å². The molecule has 0 aromatic heterocycles. The summed E-state index contributed by atoms with van der Waals surface area (Å²) in [4.78, 5) is 34.0. The highest BCUT2D eigenvalue weighted by Gasteiger charge is 2.18. The quantitative estimate of drug-likeness (QED) is 0.468. The largest absolute Gasteiger partial charge is 0.480 e. The van der Waals surface area contributed by atoms with Crippen LogP contribution in [0.15, 0.2) is 24.3 Å². The van der Waals surface area contributed by atoms with Gasteiger partial charge in [-0.2, -0.15) is 5.26 Å². The number of rotatable bonds is 9. The molecule has 0 fully saturated rings. The smallest absolute Gasteiger partial charge is 0.326 e. The number of benzene rings is 1. The van der Waals surface area contributed by atoms with Crippen molar-refractivity contribution in [2.45, 2.75) is 25.3 Å². The molecule has 24 heavy (non-hydrogen) atoms. The number of aliphatic carboxylic acids is 1. The number of unbranched alkanes of at least 4 members (excludes halogenated alkanes) is 1. The second kappa shape index (κ2) is 9.97. The number of amides is 2. The Kier molecular flexibility index (Phi) is 7.94. The molecule has 0 bridgehead atoms. The summed E-state index contributed by atoms with van der Waals surface area (Å²) in [5.74, 6) is -1.89. The fraction of sp³-hybridized carbons (Fsp3) is 0.375. The van der Waals surface area contributed by atoms with Gasteiger partial charge in [-0.25, -0.2) is 4.79 Å². The third-order valence-electron chi connectivity index (χ3n) is 3.30. The van der Waals surface area contributed by atoms with Crippen LogP contribution in [0.3, 0.4) is 0 Å². The minimum Gasteiger partial charge on any atom is -0.480 e. The van der Waals surface area contributed by atoms with E-state index in [1.165, 1.54) is 0 Å². The zero-order valence-corrected chi connectivity index (χ0v) is 13.1. The van der Waals surface area contributed by atoms with E-state index in [0.29, 0.717) is 30.5 Å². The normalized spacial score (nSPS) is 11.2. The number of nitrogens with two attached hydrogens (primary N) is 1. The van der Waals surface area contributed by atoms with Gasteiger partial charge in [-0.3, -0.25) is 9.59 Å². The topological polar surface area (TPSA) is 145 Å². The molecule has 0 aliphatic carbocycles. The minimum absolute atomic E-state index is 0.258. The Morgan fingerprint density at radius 2 is 1.88 bits per heavy atom. The Labute approximate surface area is 139 Å². The zero-order chi connectivity index (χ0) is 17.9. The Hall–Kier alpha value is -2.92. The molecule has 0 aliphatic heterocycles. The summed E-state index contributed by atoms with van der Waals surface area (Å²) in [5.41, 5.74) is 6.06. The third kappa shape index (κ3) is 6.46. The van der Waals surface area contributed by atoms with Crippen LogP contribution in [0.4, 0.5) is 0 Å². The minimum atomic E-state index is -1.11. The van der Waals surface area contributed by atoms with Crippen molar-refractivity contribution in [2.75, 3.05) is 13.1 Å². The molecule has 0 aliphatic rings. The van der Waals surface area contributed by atoms with E-state index in [9.17, 15) is 14.4 Å². The lowest BCUT2D eigenvalue weighted by Crippen LogP contribution is -2.43. The van der Waals surface area contributed by atoms with Gasteiger partial charge in [0.15, 0.2) is 0 Å². The highest BCUT2D eigenvalue weighted by molar-refractivity contribution is 5.94.